The smallest absolute Gasteiger partial charge is 0.295 e. The molecule has 1 aliphatic rings. The fourth-order valence-corrected chi connectivity index (χ4v) is 4.17. The Morgan fingerprint density at radius 3 is 2.09 bits per heavy atom. The Kier molecular flexibility index (Phi) is 7.38. The third-order valence-electron chi connectivity index (χ3n) is 6.30. The van der Waals surface area contributed by atoms with Crippen molar-refractivity contribution in [2.75, 3.05) is 26.2 Å². The number of likely N-dealkylation sites (tertiary alicyclic amines) is 1. The summed E-state index contributed by atoms with van der Waals surface area (Å²) in [6.07, 6.45) is 0. The first-order chi connectivity index (χ1) is 15.6. The lowest BCUT2D eigenvalue weighted by molar-refractivity contribution is -0.140. The number of hydrogen-bond donors (Lipinski definition) is 1. The van der Waals surface area contributed by atoms with Crippen molar-refractivity contribution in [3.05, 3.63) is 76.6 Å². The number of benzene rings is 2. The van der Waals surface area contributed by atoms with Crippen molar-refractivity contribution in [1.29, 1.82) is 0 Å². The number of hydrogen-bond acceptors (Lipinski definition) is 4. The van der Waals surface area contributed by atoms with Crippen LogP contribution in [0.4, 0.5) is 4.39 Å². The monoisotopic (exact) mass is 452 g/mol. The zero-order valence-corrected chi connectivity index (χ0v) is 20.1. The van der Waals surface area contributed by atoms with Crippen LogP contribution in [0.5, 0.6) is 0 Å². The minimum absolute atomic E-state index is 0.0367. The van der Waals surface area contributed by atoms with Crippen LogP contribution < -0.4 is 0 Å². The molecule has 1 aliphatic heterocycles. The molecule has 176 valence electrons. The standard InChI is InChI=1S/C27H33FN2O3/c1-6-29(7-2)16-17-30-23(18-8-12-20(13-9-18)27(3,4)5)22(25(32)26(30)33)24(31)19-10-14-21(28)15-11-19/h8-15,23,31H,6-7,16-17H2,1-5H3/b24-22-. The number of likely N-dealkylation sites (N-methyl/N-ethyl adjacent to an activating group) is 1. The molecule has 0 spiro atoms. The molecule has 0 saturated carbocycles. The lowest BCUT2D eigenvalue weighted by Crippen LogP contribution is -2.38. The summed E-state index contributed by atoms with van der Waals surface area (Å²) in [5.41, 5.74) is 2.18. The average Bonchev–Trinajstić information content (AvgIpc) is 3.04. The van der Waals surface area contributed by atoms with Gasteiger partial charge in [0.25, 0.3) is 11.7 Å². The minimum atomic E-state index is -0.721. The van der Waals surface area contributed by atoms with Gasteiger partial charge >= 0.3 is 0 Å². The van der Waals surface area contributed by atoms with Crippen molar-refractivity contribution in [3.63, 3.8) is 0 Å². The average molecular weight is 453 g/mol. The third-order valence-corrected chi connectivity index (χ3v) is 6.30. The van der Waals surface area contributed by atoms with Gasteiger partial charge in [0, 0.05) is 18.7 Å². The summed E-state index contributed by atoms with van der Waals surface area (Å²) in [5, 5.41) is 11.0. The van der Waals surface area contributed by atoms with Gasteiger partial charge in [0.05, 0.1) is 11.6 Å². The maximum absolute atomic E-state index is 13.4. The molecule has 0 aliphatic carbocycles. The van der Waals surface area contributed by atoms with Gasteiger partial charge in [0.2, 0.25) is 0 Å². The second-order valence-corrected chi connectivity index (χ2v) is 9.40. The quantitative estimate of drug-likeness (QED) is 0.369. The summed E-state index contributed by atoms with van der Waals surface area (Å²) in [4.78, 5) is 29.9. The number of halogens is 1. The van der Waals surface area contributed by atoms with E-state index in [1.54, 1.807) is 4.90 Å². The molecular formula is C27H33FN2O3. The topological polar surface area (TPSA) is 60.9 Å². The van der Waals surface area contributed by atoms with E-state index in [1.807, 2.05) is 24.3 Å². The van der Waals surface area contributed by atoms with Gasteiger partial charge in [-0.2, -0.15) is 0 Å². The maximum atomic E-state index is 13.4. The SMILES string of the molecule is CCN(CC)CCN1C(=O)C(=O)/C(=C(\O)c2ccc(F)cc2)C1c1ccc(C(C)(C)C)cc1. The number of aliphatic hydroxyl groups is 1. The molecule has 6 heteroatoms. The zero-order chi connectivity index (χ0) is 24.3. The fraction of sp³-hybridized carbons (Fsp3) is 0.407. The van der Waals surface area contributed by atoms with Crippen LogP contribution in [0.3, 0.4) is 0 Å². The highest BCUT2D eigenvalue weighted by molar-refractivity contribution is 6.46. The van der Waals surface area contributed by atoms with Crippen molar-refractivity contribution in [1.82, 2.24) is 9.80 Å². The highest BCUT2D eigenvalue weighted by Crippen LogP contribution is 2.39. The summed E-state index contributed by atoms with van der Waals surface area (Å²) in [7, 11) is 0. The van der Waals surface area contributed by atoms with Gasteiger partial charge in [-0.25, -0.2) is 4.39 Å². The molecule has 1 saturated heterocycles. The number of Topliss-reactive ketones (excluding diaryl/α,β-unsaturated/α-hetero) is 1. The Bertz CT molecular complexity index is 1030. The first-order valence-corrected chi connectivity index (χ1v) is 11.5. The van der Waals surface area contributed by atoms with E-state index >= 15 is 0 Å². The van der Waals surface area contributed by atoms with Gasteiger partial charge in [-0.3, -0.25) is 9.59 Å². The van der Waals surface area contributed by atoms with E-state index in [-0.39, 0.29) is 16.7 Å². The number of nitrogens with zero attached hydrogens (tertiary/aromatic N) is 2. The summed E-state index contributed by atoms with van der Waals surface area (Å²) < 4.78 is 13.4. The molecule has 3 rings (SSSR count). The molecular weight excluding hydrogens is 419 g/mol. The predicted octanol–water partition coefficient (Wildman–Crippen LogP) is 4.89. The van der Waals surface area contributed by atoms with Crippen LogP contribution in [0.15, 0.2) is 54.1 Å². The lowest BCUT2D eigenvalue weighted by atomic mass is 9.85. The molecule has 1 N–H and O–H groups in total. The molecule has 2 aromatic carbocycles. The molecule has 1 amide bonds. The molecule has 5 nitrogen and oxygen atoms in total. The van der Waals surface area contributed by atoms with E-state index in [9.17, 15) is 19.1 Å². The van der Waals surface area contributed by atoms with E-state index in [2.05, 4.69) is 39.5 Å². The summed E-state index contributed by atoms with van der Waals surface area (Å²) in [5.74, 6) is -2.08. The molecule has 33 heavy (non-hydrogen) atoms. The van der Waals surface area contributed by atoms with E-state index in [1.165, 1.54) is 24.3 Å². The minimum Gasteiger partial charge on any atom is -0.507 e. The van der Waals surface area contributed by atoms with Crippen LogP contribution in [0.2, 0.25) is 0 Å². The number of aliphatic hydroxyl groups excluding tert-OH is 1. The van der Waals surface area contributed by atoms with Crippen LogP contribution in [0.1, 0.15) is 57.4 Å². The summed E-state index contributed by atoms with van der Waals surface area (Å²) in [6.45, 7) is 13.1. The lowest BCUT2D eigenvalue weighted by Gasteiger charge is -2.28. The maximum Gasteiger partial charge on any atom is 0.295 e. The molecule has 0 radical (unpaired) electrons. The van der Waals surface area contributed by atoms with Gasteiger partial charge in [0.1, 0.15) is 11.6 Å². The Morgan fingerprint density at radius 1 is 1.00 bits per heavy atom. The van der Waals surface area contributed by atoms with Crippen molar-refractivity contribution < 1.29 is 19.1 Å². The second kappa shape index (κ2) is 9.87. The van der Waals surface area contributed by atoms with Gasteiger partial charge in [-0.05, 0) is 53.9 Å². The Hall–Kier alpha value is -2.99. The number of amides is 1. The van der Waals surface area contributed by atoms with Crippen molar-refractivity contribution >= 4 is 17.4 Å². The van der Waals surface area contributed by atoms with E-state index in [0.29, 0.717) is 18.7 Å². The van der Waals surface area contributed by atoms with Crippen LogP contribution in [-0.4, -0.2) is 52.8 Å². The first kappa shape index (κ1) is 24.6. The number of ketones is 1. The molecule has 2 aromatic rings. The number of carbonyl (C=O) groups excluding carboxylic acids is 2. The van der Waals surface area contributed by atoms with Crippen LogP contribution >= 0.6 is 0 Å². The van der Waals surface area contributed by atoms with E-state index < -0.39 is 23.5 Å². The van der Waals surface area contributed by atoms with Gasteiger partial charge < -0.3 is 14.9 Å². The summed E-state index contributed by atoms with van der Waals surface area (Å²) in [6, 6.07) is 12.4. The van der Waals surface area contributed by atoms with Crippen molar-refractivity contribution in [2.24, 2.45) is 0 Å². The fourth-order valence-electron chi connectivity index (χ4n) is 4.17. The van der Waals surface area contributed by atoms with Crippen LogP contribution in [0.25, 0.3) is 5.76 Å². The first-order valence-electron chi connectivity index (χ1n) is 11.5. The van der Waals surface area contributed by atoms with E-state index in [0.717, 1.165) is 24.2 Å². The highest BCUT2D eigenvalue weighted by atomic mass is 19.1. The Morgan fingerprint density at radius 2 is 1.58 bits per heavy atom. The molecule has 0 bridgehead atoms. The van der Waals surface area contributed by atoms with Gasteiger partial charge in [0.15, 0.2) is 0 Å². The molecule has 1 fully saturated rings. The predicted molar refractivity (Wildman–Crippen MR) is 128 cm³/mol. The summed E-state index contributed by atoms with van der Waals surface area (Å²) >= 11 is 0. The van der Waals surface area contributed by atoms with Gasteiger partial charge in [-0.1, -0.05) is 58.9 Å². The molecule has 1 unspecified atom stereocenters. The number of rotatable bonds is 7. The molecule has 0 aromatic heterocycles. The molecule has 1 heterocycles. The normalized spacial score (nSPS) is 18.4. The molecule has 1 atom stereocenters. The van der Waals surface area contributed by atoms with Gasteiger partial charge in [-0.15, -0.1) is 0 Å². The Labute approximate surface area is 195 Å². The largest absolute Gasteiger partial charge is 0.507 e. The van der Waals surface area contributed by atoms with Crippen molar-refractivity contribution in [3.8, 4) is 0 Å². The third kappa shape index (κ3) is 5.17. The van der Waals surface area contributed by atoms with E-state index in [4.69, 9.17) is 0 Å². The van der Waals surface area contributed by atoms with Crippen LogP contribution in [-0.2, 0) is 15.0 Å². The zero-order valence-electron chi connectivity index (χ0n) is 20.1. The Balaban J connectivity index is 2.10. The highest BCUT2D eigenvalue weighted by Gasteiger charge is 2.46. The second-order valence-electron chi connectivity index (χ2n) is 9.40. The van der Waals surface area contributed by atoms with Crippen LogP contribution in [0, 0.1) is 5.82 Å². The number of carbonyl (C=O) groups is 2. The van der Waals surface area contributed by atoms with Crippen molar-refractivity contribution in [2.45, 2.75) is 46.1 Å².